The van der Waals surface area contributed by atoms with Crippen LogP contribution in [0.2, 0.25) is 0 Å². The Morgan fingerprint density at radius 3 is 2.76 bits per heavy atom. The fourth-order valence-electron chi connectivity index (χ4n) is 1.98. The third-order valence-electron chi connectivity index (χ3n) is 3.16. The number of nitrogens with two attached hydrogens (primary N) is 1. The molecule has 2 N–H and O–H groups in total. The highest BCUT2D eigenvalue weighted by Gasteiger charge is 2.19. The molecule has 1 aromatic rings. The first kappa shape index (κ1) is 11.7. The quantitative estimate of drug-likeness (QED) is 0.594. The highest BCUT2D eigenvalue weighted by Crippen LogP contribution is 2.18. The molecule has 1 aliphatic heterocycles. The zero-order valence-corrected chi connectivity index (χ0v) is 10.4. The first-order valence-corrected chi connectivity index (χ1v) is 5.89. The number of hydrogen-bond donors (Lipinski definition) is 1. The first-order valence-electron chi connectivity index (χ1n) is 5.89. The van der Waals surface area contributed by atoms with Crippen LogP contribution in [0.25, 0.3) is 0 Å². The number of aryl methyl sites for hydroxylation is 1. The van der Waals surface area contributed by atoms with Gasteiger partial charge in [-0.05, 0) is 32.4 Å². The zero-order valence-electron chi connectivity index (χ0n) is 10.4. The van der Waals surface area contributed by atoms with Gasteiger partial charge in [0.25, 0.3) is 5.91 Å². The third kappa shape index (κ3) is 2.49. The maximum atomic E-state index is 12.3. The first-order chi connectivity index (χ1) is 8.08. The predicted molar refractivity (Wildman–Crippen MR) is 69.9 cm³/mol. The van der Waals surface area contributed by atoms with Crippen LogP contribution in [0.15, 0.2) is 29.8 Å². The minimum Gasteiger partial charge on any atom is -0.398 e. The molecule has 0 saturated heterocycles. The topological polar surface area (TPSA) is 46.3 Å². The SMILES string of the molecule is CC1=CCN(C(=O)c2cc(C)ccc2N)CC1. The van der Waals surface area contributed by atoms with E-state index in [1.165, 1.54) is 5.57 Å². The van der Waals surface area contributed by atoms with Crippen molar-refractivity contribution in [2.24, 2.45) is 0 Å². The lowest BCUT2D eigenvalue weighted by Crippen LogP contribution is -2.35. The number of carbonyl (C=O) groups is 1. The molecule has 1 amide bonds. The second-order valence-corrected chi connectivity index (χ2v) is 4.64. The standard InChI is InChI=1S/C14H18N2O/c1-10-5-7-16(8-6-10)14(17)12-9-11(2)3-4-13(12)15/h3-5,9H,6-8,15H2,1-2H3. The van der Waals surface area contributed by atoms with Crippen molar-refractivity contribution in [2.75, 3.05) is 18.8 Å². The molecule has 1 aromatic carbocycles. The second-order valence-electron chi connectivity index (χ2n) is 4.64. The minimum atomic E-state index is 0.0370. The number of rotatable bonds is 1. The van der Waals surface area contributed by atoms with E-state index < -0.39 is 0 Å². The zero-order chi connectivity index (χ0) is 12.4. The average molecular weight is 230 g/mol. The van der Waals surface area contributed by atoms with Crippen molar-refractivity contribution in [1.29, 1.82) is 0 Å². The summed E-state index contributed by atoms with van der Waals surface area (Å²) in [6.07, 6.45) is 3.06. The van der Waals surface area contributed by atoms with Crippen molar-refractivity contribution in [3.05, 3.63) is 41.0 Å². The van der Waals surface area contributed by atoms with Crippen LogP contribution in [0.3, 0.4) is 0 Å². The smallest absolute Gasteiger partial charge is 0.256 e. The highest BCUT2D eigenvalue weighted by atomic mass is 16.2. The van der Waals surface area contributed by atoms with Crippen LogP contribution in [0, 0.1) is 6.92 Å². The van der Waals surface area contributed by atoms with Gasteiger partial charge in [0.2, 0.25) is 0 Å². The van der Waals surface area contributed by atoms with E-state index >= 15 is 0 Å². The Hall–Kier alpha value is -1.77. The Morgan fingerprint density at radius 2 is 2.12 bits per heavy atom. The van der Waals surface area contributed by atoms with Gasteiger partial charge in [-0.25, -0.2) is 0 Å². The summed E-state index contributed by atoms with van der Waals surface area (Å²) in [7, 11) is 0. The molecular weight excluding hydrogens is 212 g/mol. The number of anilines is 1. The fraction of sp³-hybridized carbons (Fsp3) is 0.357. The number of nitrogens with zero attached hydrogens (tertiary/aromatic N) is 1. The van der Waals surface area contributed by atoms with Crippen molar-refractivity contribution >= 4 is 11.6 Å². The van der Waals surface area contributed by atoms with Crippen LogP contribution in [-0.4, -0.2) is 23.9 Å². The summed E-state index contributed by atoms with van der Waals surface area (Å²) in [5.74, 6) is 0.0370. The van der Waals surface area contributed by atoms with Crippen LogP contribution in [0.5, 0.6) is 0 Å². The van der Waals surface area contributed by atoms with E-state index in [0.717, 1.165) is 18.5 Å². The summed E-state index contributed by atoms with van der Waals surface area (Å²) >= 11 is 0. The molecule has 0 aromatic heterocycles. The lowest BCUT2D eigenvalue weighted by atomic mass is 10.1. The molecule has 2 rings (SSSR count). The van der Waals surface area contributed by atoms with Gasteiger partial charge in [0, 0.05) is 18.8 Å². The summed E-state index contributed by atoms with van der Waals surface area (Å²) in [6, 6.07) is 5.59. The minimum absolute atomic E-state index is 0.0370. The average Bonchev–Trinajstić information content (AvgIpc) is 2.32. The molecule has 0 unspecified atom stereocenters. The van der Waals surface area contributed by atoms with E-state index in [1.807, 2.05) is 24.0 Å². The van der Waals surface area contributed by atoms with Crippen LogP contribution in [0.1, 0.15) is 29.3 Å². The van der Waals surface area contributed by atoms with Crippen molar-refractivity contribution in [2.45, 2.75) is 20.3 Å². The molecule has 0 bridgehead atoms. The number of nitrogen functional groups attached to an aromatic ring is 1. The Bertz CT molecular complexity index is 477. The van der Waals surface area contributed by atoms with Gasteiger partial charge in [-0.1, -0.05) is 23.3 Å². The molecule has 0 saturated carbocycles. The molecule has 0 atom stereocenters. The van der Waals surface area contributed by atoms with E-state index in [0.29, 0.717) is 17.8 Å². The van der Waals surface area contributed by atoms with Gasteiger partial charge in [-0.2, -0.15) is 0 Å². The van der Waals surface area contributed by atoms with Gasteiger partial charge in [0.15, 0.2) is 0 Å². The molecular formula is C14H18N2O. The van der Waals surface area contributed by atoms with E-state index in [1.54, 1.807) is 6.07 Å². The van der Waals surface area contributed by atoms with Gasteiger partial charge in [-0.15, -0.1) is 0 Å². The van der Waals surface area contributed by atoms with Gasteiger partial charge in [-0.3, -0.25) is 4.79 Å². The Balaban J connectivity index is 2.23. The summed E-state index contributed by atoms with van der Waals surface area (Å²) in [6.45, 7) is 5.55. The Labute approximate surface area is 102 Å². The summed E-state index contributed by atoms with van der Waals surface area (Å²) < 4.78 is 0. The number of hydrogen-bond acceptors (Lipinski definition) is 2. The van der Waals surface area contributed by atoms with Crippen molar-refractivity contribution < 1.29 is 4.79 Å². The molecule has 1 aliphatic rings. The number of amides is 1. The molecule has 0 spiro atoms. The van der Waals surface area contributed by atoms with Crippen LogP contribution >= 0.6 is 0 Å². The molecule has 0 fully saturated rings. The van der Waals surface area contributed by atoms with Gasteiger partial charge in [0.05, 0.1) is 5.56 Å². The summed E-state index contributed by atoms with van der Waals surface area (Å²) in [5.41, 5.74) is 9.46. The van der Waals surface area contributed by atoms with Crippen molar-refractivity contribution in [3.8, 4) is 0 Å². The number of benzene rings is 1. The predicted octanol–water partition coefficient (Wildman–Crippen LogP) is 2.37. The second kappa shape index (κ2) is 4.62. The molecule has 1 heterocycles. The van der Waals surface area contributed by atoms with Gasteiger partial charge in [0.1, 0.15) is 0 Å². The molecule has 0 aliphatic carbocycles. The maximum Gasteiger partial charge on any atom is 0.256 e. The van der Waals surface area contributed by atoms with Crippen LogP contribution < -0.4 is 5.73 Å². The largest absolute Gasteiger partial charge is 0.398 e. The fourth-order valence-corrected chi connectivity index (χ4v) is 1.98. The monoisotopic (exact) mass is 230 g/mol. The van der Waals surface area contributed by atoms with Crippen molar-refractivity contribution in [1.82, 2.24) is 4.90 Å². The number of carbonyl (C=O) groups excluding carboxylic acids is 1. The molecule has 3 heteroatoms. The van der Waals surface area contributed by atoms with E-state index in [9.17, 15) is 4.79 Å². The highest BCUT2D eigenvalue weighted by molar-refractivity contribution is 5.99. The van der Waals surface area contributed by atoms with Crippen LogP contribution in [-0.2, 0) is 0 Å². The lowest BCUT2D eigenvalue weighted by molar-refractivity contribution is 0.0770. The molecule has 17 heavy (non-hydrogen) atoms. The van der Waals surface area contributed by atoms with E-state index in [-0.39, 0.29) is 5.91 Å². The van der Waals surface area contributed by atoms with Gasteiger partial charge < -0.3 is 10.6 Å². The maximum absolute atomic E-state index is 12.3. The normalized spacial score (nSPS) is 15.6. The van der Waals surface area contributed by atoms with Crippen molar-refractivity contribution in [3.63, 3.8) is 0 Å². The molecule has 3 nitrogen and oxygen atoms in total. The Morgan fingerprint density at radius 1 is 1.35 bits per heavy atom. The molecule has 0 radical (unpaired) electrons. The molecule has 90 valence electrons. The van der Waals surface area contributed by atoms with Gasteiger partial charge >= 0.3 is 0 Å². The Kier molecular flexibility index (Phi) is 3.18. The lowest BCUT2D eigenvalue weighted by Gasteiger charge is -2.26. The third-order valence-corrected chi connectivity index (χ3v) is 3.16. The van der Waals surface area contributed by atoms with Crippen LogP contribution in [0.4, 0.5) is 5.69 Å². The summed E-state index contributed by atoms with van der Waals surface area (Å²) in [5, 5.41) is 0. The van der Waals surface area contributed by atoms with E-state index in [2.05, 4.69) is 13.0 Å². The summed E-state index contributed by atoms with van der Waals surface area (Å²) in [4.78, 5) is 14.1. The van der Waals surface area contributed by atoms with E-state index in [4.69, 9.17) is 5.73 Å².